The number of aryl methyl sites for hydroxylation is 1. The average molecular weight is 584 g/mol. The molecular formula is C31H38FN3O5S. The molecule has 10 heteroatoms. The van der Waals surface area contributed by atoms with Crippen LogP contribution in [0.25, 0.3) is 0 Å². The molecule has 3 aromatic carbocycles. The Morgan fingerprint density at radius 1 is 0.976 bits per heavy atom. The van der Waals surface area contributed by atoms with Crippen LogP contribution in [0.15, 0.2) is 77.7 Å². The minimum Gasteiger partial charge on any atom is -0.497 e. The van der Waals surface area contributed by atoms with Gasteiger partial charge in [0.25, 0.3) is 10.0 Å². The van der Waals surface area contributed by atoms with Crippen molar-refractivity contribution in [2.45, 2.75) is 64.1 Å². The van der Waals surface area contributed by atoms with Crippen LogP contribution in [0.3, 0.4) is 0 Å². The van der Waals surface area contributed by atoms with Crippen LogP contribution in [0.5, 0.6) is 5.75 Å². The van der Waals surface area contributed by atoms with Gasteiger partial charge in [0, 0.05) is 12.6 Å². The molecule has 0 aliphatic heterocycles. The van der Waals surface area contributed by atoms with Crippen molar-refractivity contribution in [1.29, 1.82) is 0 Å². The van der Waals surface area contributed by atoms with E-state index in [9.17, 15) is 22.4 Å². The third-order valence-electron chi connectivity index (χ3n) is 6.88. The third kappa shape index (κ3) is 8.07. The number of sulfonamides is 1. The summed E-state index contributed by atoms with van der Waals surface area (Å²) in [5.41, 5.74) is 1.90. The van der Waals surface area contributed by atoms with Gasteiger partial charge in [-0.2, -0.15) is 0 Å². The summed E-state index contributed by atoms with van der Waals surface area (Å²) in [5, 5.41) is 2.95. The number of nitrogens with zero attached hydrogens (tertiary/aromatic N) is 2. The Morgan fingerprint density at radius 3 is 2.22 bits per heavy atom. The topological polar surface area (TPSA) is 96.0 Å². The highest BCUT2D eigenvalue weighted by Gasteiger charge is 2.34. The number of hydrogen-bond donors (Lipinski definition) is 1. The summed E-state index contributed by atoms with van der Waals surface area (Å²) >= 11 is 0. The molecule has 1 N–H and O–H groups in total. The van der Waals surface area contributed by atoms with Gasteiger partial charge < -0.3 is 15.0 Å². The molecule has 2 atom stereocenters. The van der Waals surface area contributed by atoms with Gasteiger partial charge >= 0.3 is 0 Å². The van der Waals surface area contributed by atoms with E-state index in [4.69, 9.17) is 4.74 Å². The Balaban J connectivity index is 2.06. The van der Waals surface area contributed by atoms with Crippen LogP contribution in [-0.2, 0) is 26.2 Å². The van der Waals surface area contributed by atoms with Crippen molar-refractivity contribution in [3.63, 3.8) is 0 Å². The fourth-order valence-corrected chi connectivity index (χ4v) is 5.72. The molecule has 0 aliphatic carbocycles. The van der Waals surface area contributed by atoms with Gasteiger partial charge in [-0.25, -0.2) is 12.8 Å². The predicted octanol–water partition coefficient (Wildman–Crippen LogP) is 5.06. The smallest absolute Gasteiger partial charge is 0.264 e. The summed E-state index contributed by atoms with van der Waals surface area (Å²) in [4.78, 5) is 28.7. The van der Waals surface area contributed by atoms with Gasteiger partial charge in [-0.3, -0.25) is 13.9 Å². The van der Waals surface area contributed by atoms with Crippen molar-refractivity contribution in [1.82, 2.24) is 10.2 Å². The zero-order valence-electron chi connectivity index (χ0n) is 24.1. The first kappa shape index (κ1) is 31.6. The van der Waals surface area contributed by atoms with Crippen LogP contribution in [-0.4, -0.2) is 50.9 Å². The Morgan fingerprint density at radius 2 is 1.63 bits per heavy atom. The van der Waals surface area contributed by atoms with Gasteiger partial charge in [0.15, 0.2) is 0 Å². The number of rotatable bonds is 13. The van der Waals surface area contributed by atoms with Gasteiger partial charge in [0.1, 0.15) is 24.2 Å². The summed E-state index contributed by atoms with van der Waals surface area (Å²) in [7, 11) is -2.73. The van der Waals surface area contributed by atoms with Gasteiger partial charge in [-0.1, -0.05) is 43.7 Å². The number of anilines is 1. The van der Waals surface area contributed by atoms with Crippen LogP contribution in [0.2, 0.25) is 0 Å². The molecule has 0 heterocycles. The second kappa shape index (κ2) is 14.1. The highest BCUT2D eigenvalue weighted by Crippen LogP contribution is 2.26. The van der Waals surface area contributed by atoms with Crippen molar-refractivity contribution in [3.05, 3.63) is 89.7 Å². The van der Waals surface area contributed by atoms with Gasteiger partial charge in [-0.05, 0) is 80.8 Å². The van der Waals surface area contributed by atoms with Crippen LogP contribution < -0.4 is 14.4 Å². The lowest BCUT2D eigenvalue weighted by atomic mass is 10.1. The van der Waals surface area contributed by atoms with E-state index in [1.54, 1.807) is 49.4 Å². The van der Waals surface area contributed by atoms with Gasteiger partial charge in [-0.15, -0.1) is 0 Å². The average Bonchev–Trinajstić information content (AvgIpc) is 2.96. The maximum atomic E-state index is 14.1. The number of carbonyl (C=O) groups excluding carboxylic acids is 2. The highest BCUT2D eigenvalue weighted by molar-refractivity contribution is 7.92. The number of carbonyl (C=O) groups is 2. The molecule has 41 heavy (non-hydrogen) atoms. The van der Waals surface area contributed by atoms with Crippen molar-refractivity contribution in [2.75, 3.05) is 18.0 Å². The molecule has 2 amide bonds. The Labute approximate surface area is 242 Å². The minimum absolute atomic E-state index is 0.0563. The molecule has 0 bridgehead atoms. The molecule has 0 saturated carbocycles. The monoisotopic (exact) mass is 583 g/mol. The van der Waals surface area contributed by atoms with Gasteiger partial charge in [0.2, 0.25) is 11.8 Å². The Hall–Kier alpha value is -3.92. The Bertz CT molecular complexity index is 1430. The molecule has 0 aliphatic rings. The molecule has 220 valence electrons. The standard InChI is InChI=1S/C31H38FN3O5S/c1-6-23(4)33-31(37)29(7-2)34(20-24-9-8-10-27(19-24)40-5)30(36)21-35(26-15-11-22(3)12-16-26)41(38,39)28-17-13-25(32)14-18-28/h8-19,23,29H,6-7,20-21H2,1-5H3,(H,33,37)/t23-,29+/m1/s1. The summed E-state index contributed by atoms with van der Waals surface area (Å²) in [5.74, 6) is -0.872. The molecule has 0 fully saturated rings. The summed E-state index contributed by atoms with van der Waals surface area (Å²) in [6.45, 7) is 6.99. The largest absolute Gasteiger partial charge is 0.497 e. The number of hydrogen-bond acceptors (Lipinski definition) is 5. The number of ether oxygens (including phenoxy) is 1. The summed E-state index contributed by atoms with van der Waals surface area (Å²) < 4.78 is 47.6. The van der Waals surface area contributed by atoms with Crippen LogP contribution in [0, 0.1) is 12.7 Å². The molecule has 0 unspecified atom stereocenters. The van der Waals surface area contributed by atoms with Crippen LogP contribution in [0.4, 0.5) is 10.1 Å². The number of nitrogens with one attached hydrogen (secondary N) is 1. The van der Waals surface area contributed by atoms with Crippen molar-refractivity contribution < 1.29 is 27.1 Å². The lowest BCUT2D eigenvalue weighted by molar-refractivity contribution is -0.140. The maximum absolute atomic E-state index is 14.1. The van der Waals surface area contributed by atoms with Gasteiger partial charge in [0.05, 0.1) is 17.7 Å². The van der Waals surface area contributed by atoms with E-state index in [0.29, 0.717) is 18.6 Å². The van der Waals surface area contributed by atoms with E-state index in [0.717, 1.165) is 27.6 Å². The van der Waals surface area contributed by atoms with E-state index >= 15 is 0 Å². The van der Waals surface area contributed by atoms with E-state index in [1.807, 2.05) is 26.8 Å². The number of amides is 2. The summed E-state index contributed by atoms with van der Waals surface area (Å²) in [6.07, 6.45) is 1.02. The number of methoxy groups -OCH3 is 1. The zero-order valence-corrected chi connectivity index (χ0v) is 24.9. The quantitative estimate of drug-likeness (QED) is 0.304. The fourth-order valence-electron chi connectivity index (χ4n) is 4.30. The first-order chi connectivity index (χ1) is 19.5. The fraction of sp³-hybridized carbons (Fsp3) is 0.355. The zero-order chi connectivity index (χ0) is 30.2. The molecule has 0 spiro atoms. The highest BCUT2D eigenvalue weighted by atomic mass is 32.2. The van der Waals surface area contributed by atoms with E-state index < -0.39 is 34.3 Å². The lowest BCUT2D eigenvalue weighted by Crippen LogP contribution is -2.53. The van der Waals surface area contributed by atoms with E-state index in [1.165, 1.54) is 24.1 Å². The number of benzene rings is 3. The van der Waals surface area contributed by atoms with E-state index in [-0.39, 0.29) is 29.1 Å². The molecule has 0 saturated heterocycles. The molecule has 3 rings (SSSR count). The molecular weight excluding hydrogens is 545 g/mol. The summed E-state index contributed by atoms with van der Waals surface area (Å²) in [6, 6.07) is 17.4. The normalized spacial score (nSPS) is 12.7. The second-order valence-electron chi connectivity index (χ2n) is 9.92. The lowest BCUT2D eigenvalue weighted by Gasteiger charge is -2.33. The third-order valence-corrected chi connectivity index (χ3v) is 8.66. The minimum atomic E-state index is -4.27. The molecule has 3 aromatic rings. The van der Waals surface area contributed by atoms with E-state index in [2.05, 4.69) is 5.32 Å². The number of halogens is 1. The molecule has 8 nitrogen and oxygen atoms in total. The maximum Gasteiger partial charge on any atom is 0.264 e. The van der Waals surface area contributed by atoms with Crippen molar-refractivity contribution in [3.8, 4) is 5.75 Å². The molecule has 0 radical (unpaired) electrons. The second-order valence-corrected chi connectivity index (χ2v) is 11.8. The predicted molar refractivity (Wildman–Crippen MR) is 158 cm³/mol. The first-order valence-electron chi connectivity index (χ1n) is 13.6. The SMILES string of the molecule is CC[C@@H](C)NC(=O)[C@H](CC)N(Cc1cccc(OC)c1)C(=O)CN(c1ccc(C)cc1)S(=O)(=O)c1ccc(F)cc1. The van der Waals surface area contributed by atoms with Crippen molar-refractivity contribution in [2.24, 2.45) is 0 Å². The van der Waals surface area contributed by atoms with Crippen LogP contribution >= 0.6 is 0 Å². The first-order valence-corrected chi connectivity index (χ1v) is 15.0. The van der Waals surface area contributed by atoms with Crippen LogP contribution in [0.1, 0.15) is 44.7 Å². The Kier molecular flexibility index (Phi) is 10.9. The molecule has 0 aromatic heterocycles. The van der Waals surface area contributed by atoms with Crippen molar-refractivity contribution >= 4 is 27.5 Å².